The summed E-state index contributed by atoms with van der Waals surface area (Å²) in [5.74, 6) is -1.65. The molecule has 0 spiro atoms. The number of amides is 1. The quantitative estimate of drug-likeness (QED) is 0.835. The van der Waals surface area contributed by atoms with Crippen LogP contribution in [0, 0.1) is 5.82 Å². The second-order valence-electron chi connectivity index (χ2n) is 4.19. The lowest BCUT2D eigenvalue weighted by atomic mass is 10.1. The van der Waals surface area contributed by atoms with Gasteiger partial charge in [0.15, 0.2) is 0 Å². The third kappa shape index (κ3) is 4.07. The van der Waals surface area contributed by atoms with E-state index in [1.807, 2.05) is 13.8 Å². The highest BCUT2D eigenvalue weighted by Gasteiger charge is 2.21. The Hall–Kier alpha value is -0.850. The van der Waals surface area contributed by atoms with Gasteiger partial charge in [-0.1, -0.05) is 25.4 Å². The van der Waals surface area contributed by atoms with Crippen LogP contribution in [-0.4, -0.2) is 20.4 Å². The molecule has 8 heteroatoms. The molecule has 0 unspecified atom stereocenters. The van der Waals surface area contributed by atoms with E-state index in [0.29, 0.717) is 18.9 Å². The summed E-state index contributed by atoms with van der Waals surface area (Å²) >= 11 is 5.71. The van der Waals surface area contributed by atoms with Crippen molar-refractivity contribution in [3.63, 3.8) is 0 Å². The van der Waals surface area contributed by atoms with Crippen molar-refractivity contribution < 1.29 is 17.6 Å². The van der Waals surface area contributed by atoms with Crippen LogP contribution in [0.5, 0.6) is 0 Å². The van der Waals surface area contributed by atoms with E-state index in [4.69, 9.17) is 22.3 Å². The minimum absolute atomic E-state index is 0.0992. The van der Waals surface area contributed by atoms with Gasteiger partial charge in [0.1, 0.15) is 5.82 Å². The molecule has 0 aromatic heterocycles. The van der Waals surface area contributed by atoms with E-state index in [-0.39, 0.29) is 11.6 Å². The van der Waals surface area contributed by atoms with Gasteiger partial charge in [-0.15, -0.1) is 0 Å². The van der Waals surface area contributed by atoms with E-state index in [9.17, 15) is 17.6 Å². The van der Waals surface area contributed by atoms with Crippen LogP contribution in [0.15, 0.2) is 17.0 Å². The molecule has 4 nitrogen and oxygen atoms in total. The molecular formula is C12H14Cl2FNO3S. The fourth-order valence-electron chi connectivity index (χ4n) is 1.63. The topological polar surface area (TPSA) is 63.2 Å². The van der Waals surface area contributed by atoms with Crippen LogP contribution in [0.4, 0.5) is 4.39 Å². The Bertz CT molecular complexity index is 615. The maximum Gasteiger partial charge on any atom is 0.261 e. The predicted octanol–water partition coefficient (Wildman–Crippen LogP) is 3.33. The van der Waals surface area contributed by atoms with Gasteiger partial charge in [-0.2, -0.15) is 0 Å². The van der Waals surface area contributed by atoms with E-state index in [2.05, 4.69) is 5.32 Å². The van der Waals surface area contributed by atoms with Crippen molar-refractivity contribution in [1.82, 2.24) is 5.32 Å². The van der Waals surface area contributed by atoms with Crippen molar-refractivity contribution >= 4 is 37.2 Å². The fourth-order valence-corrected chi connectivity index (χ4v) is 2.59. The number of carbonyl (C=O) groups is 1. The van der Waals surface area contributed by atoms with Crippen LogP contribution in [-0.2, 0) is 9.05 Å². The Kier molecular flexibility index (Phi) is 5.79. The molecule has 1 aromatic carbocycles. The van der Waals surface area contributed by atoms with Crippen molar-refractivity contribution in [2.75, 3.05) is 0 Å². The number of hydrogen-bond acceptors (Lipinski definition) is 3. The lowest BCUT2D eigenvalue weighted by molar-refractivity contribution is 0.0934. The van der Waals surface area contributed by atoms with Crippen molar-refractivity contribution in [3.05, 3.63) is 28.5 Å². The summed E-state index contributed by atoms with van der Waals surface area (Å²) in [4.78, 5) is 11.5. The smallest absolute Gasteiger partial charge is 0.261 e. The highest BCUT2D eigenvalue weighted by molar-refractivity contribution is 8.13. The number of hydrogen-bond donors (Lipinski definition) is 1. The second-order valence-corrected chi connectivity index (χ2v) is 7.14. The van der Waals surface area contributed by atoms with Crippen LogP contribution in [0.3, 0.4) is 0 Å². The molecule has 0 radical (unpaired) electrons. The zero-order valence-corrected chi connectivity index (χ0v) is 13.2. The summed E-state index contributed by atoms with van der Waals surface area (Å²) in [7, 11) is 1.01. The van der Waals surface area contributed by atoms with Crippen LogP contribution in [0.2, 0.25) is 5.02 Å². The van der Waals surface area contributed by atoms with E-state index in [1.54, 1.807) is 0 Å². The second kappa shape index (κ2) is 6.74. The molecule has 0 aliphatic rings. The van der Waals surface area contributed by atoms with Gasteiger partial charge in [0.25, 0.3) is 15.0 Å². The maximum absolute atomic E-state index is 13.6. The largest absolute Gasteiger partial charge is 0.349 e. The van der Waals surface area contributed by atoms with Gasteiger partial charge in [0.05, 0.1) is 15.5 Å². The van der Waals surface area contributed by atoms with Gasteiger partial charge in [-0.25, -0.2) is 12.8 Å². The maximum atomic E-state index is 13.6. The van der Waals surface area contributed by atoms with E-state index < -0.39 is 30.7 Å². The summed E-state index contributed by atoms with van der Waals surface area (Å²) in [6, 6.07) is 1.54. The molecule has 0 heterocycles. The monoisotopic (exact) mass is 341 g/mol. The highest BCUT2D eigenvalue weighted by Crippen LogP contribution is 2.26. The Morgan fingerprint density at radius 3 is 2.35 bits per heavy atom. The number of rotatable bonds is 5. The number of benzene rings is 1. The number of nitrogens with one attached hydrogen (secondary N) is 1. The zero-order valence-electron chi connectivity index (χ0n) is 10.9. The molecule has 0 aliphatic heterocycles. The standard InChI is InChI=1S/C12H14Cl2FNO3S/c1-3-7(4-2)16-12(17)9-5-8(20(14,18)19)6-10(15)11(9)13/h5-7H,3-4H2,1-2H3,(H,16,17). The van der Waals surface area contributed by atoms with Crippen molar-refractivity contribution in [3.8, 4) is 0 Å². The Morgan fingerprint density at radius 2 is 1.90 bits per heavy atom. The molecule has 1 rings (SSSR count). The van der Waals surface area contributed by atoms with Crippen molar-refractivity contribution in [2.24, 2.45) is 0 Å². The van der Waals surface area contributed by atoms with Gasteiger partial charge < -0.3 is 5.32 Å². The van der Waals surface area contributed by atoms with Gasteiger partial charge in [0, 0.05) is 16.7 Å². The van der Waals surface area contributed by atoms with Crippen LogP contribution in [0.25, 0.3) is 0 Å². The first kappa shape index (κ1) is 17.2. The average molecular weight is 342 g/mol. The zero-order chi connectivity index (χ0) is 15.5. The average Bonchev–Trinajstić information content (AvgIpc) is 2.37. The minimum Gasteiger partial charge on any atom is -0.349 e. The first-order valence-corrected chi connectivity index (χ1v) is 8.64. The van der Waals surface area contributed by atoms with Crippen LogP contribution in [0.1, 0.15) is 37.0 Å². The molecule has 1 N–H and O–H groups in total. The predicted molar refractivity (Wildman–Crippen MR) is 76.3 cm³/mol. The Morgan fingerprint density at radius 1 is 1.35 bits per heavy atom. The van der Waals surface area contributed by atoms with Gasteiger partial charge in [0.2, 0.25) is 0 Å². The summed E-state index contributed by atoms with van der Waals surface area (Å²) in [5.41, 5.74) is -0.252. The molecule has 0 fully saturated rings. The van der Waals surface area contributed by atoms with Crippen molar-refractivity contribution in [2.45, 2.75) is 37.6 Å². The summed E-state index contributed by atoms with van der Waals surface area (Å²) in [6.45, 7) is 3.77. The van der Waals surface area contributed by atoms with Crippen LogP contribution < -0.4 is 5.32 Å². The molecule has 0 bridgehead atoms. The minimum atomic E-state index is -4.14. The molecule has 0 aliphatic carbocycles. The molecule has 112 valence electrons. The van der Waals surface area contributed by atoms with Gasteiger partial charge in [-0.3, -0.25) is 4.79 Å². The van der Waals surface area contributed by atoms with Crippen LogP contribution >= 0.6 is 22.3 Å². The Labute approximate surface area is 126 Å². The van der Waals surface area contributed by atoms with E-state index in [0.717, 1.165) is 6.07 Å². The molecule has 0 atom stereocenters. The normalized spacial score (nSPS) is 11.7. The number of halogens is 3. The lowest BCUT2D eigenvalue weighted by Crippen LogP contribution is -2.34. The SMILES string of the molecule is CCC(CC)NC(=O)c1cc(S(=O)(=O)Cl)cc(F)c1Cl. The molecule has 1 amide bonds. The summed E-state index contributed by atoms with van der Waals surface area (Å²) in [5, 5.41) is 2.22. The molecule has 1 aromatic rings. The van der Waals surface area contributed by atoms with Gasteiger partial charge >= 0.3 is 0 Å². The third-order valence-corrected chi connectivity index (χ3v) is 4.57. The van der Waals surface area contributed by atoms with Gasteiger partial charge in [-0.05, 0) is 25.0 Å². The molecule has 20 heavy (non-hydrogen) atoms. The first-order valence-electron chi connectivity index (χ1n) is 5.95. The first-order chi connectivity index (χ1) is 9.20. The highest BCUT2D eigenvalue weighted by atomic mass is 35.7. The summed E-state index contributed by atoms with van der Waals surface area (Å²) < 4.78 is 36.1. The number of carbonyl (C=O) groups excluding carboxylic acids is 1. The summed E-state index contributed by atoms with van der Waals surface area (Å²) in [6.07, 6.45) is 1.38. The van der Waals surface area contributed by atoms with Crippen molar-refractivity contribution in [1.29, 1.82) is 0 Å². The van der Waals surface area contributed by atoms with E-state index >= 15 is 0 Å². The fraction of sp³-hybridized carbons (Fsp3) is 0.417. The van der Waals surface area contributed by atoms with E-state index in [1.165, 1.54) is 0 Å². The lowest BCUT2D eigenvalue weighted by Gasteiger charge is -2.15. The third-order valence-electron chi connectivity index (χ3n) is 2.85. The molecule has 0 saturated heterocycles. The Balaban J connectivity index is 3.24. The molecule has 0 saturated carbocycles. The molecular weight excluding hydrogens is 328 g/mol.